The van der Waals surface area contributed by atoms with Crippen molar-refractivity contribution >= 4 is 11.8 Å². The second kappa shape index (κ2) is 8.08. The molecule has 2 N–H and O–H groups in total. The molecule has 0 radical (unpaired) electrons. The fourth-order valence-corrected chi connectivity index (χ4v) is 1.76. The summed E-state index contributed by atoms with van der Waals surface area (Å²) in [6, 6.07) is 0. The fraction of sp³-hybridized carbons (Fsp3) is 0.846. The highest BCUT2D eigenvalue weighted by atomic mass is 16.2. The van der Waals surface area contributed by atoms with E-state index in [9.17, 15) is 9.59 Å². The van der Waals surface area contributed by atoms with Crippen molar-refractivity contribution in [3.05, 3.63) is 0 Å². The standard InChI is InChI=1S/C13H27N3O2/c1-10(2)6-11(8-14)7-12(17)16(5)9-13(18)15(3)4/h10-11H,6-9,14H2,1-5H3/t11-/m0/s1. The molecule has 0 aliphatic rings. The van der Waals surface area contributed by atoms with E-state index in [4.69, 9.17) is 5.73 Å². The summed E-state index contributed by atoms with van der Waals surface area (Å²) >= 11 is 0. The minimum Gasteiger partial charge on any atom is -0.347 e. The van der Waals surface area contributed by atoms with Crippen LogP contribution in [0.1, 0.15) is 26.7 Å². The van der Waals surface area contributed by atoms with Crippen LogP contribution in [0.2, 0.25) is 0 Å². The summed E-state index contributed by atoms with van der Waals surface area (Å²) in [6.45, 7) is 4.88. The van der Waals surface area contributed by atoms with Crippen LogP contribution < -0.4 is 5.73 Å². The van der Waals surface area contributed by atoms with Gasteiger partial charge in [-0.25, -0.2) is 0 Å². The Morgan fingerprint density at radius 3 is 2.06 bits per heavy atom. The molecule has 0 aromatic heterocycles. The van der Waals surface area contributed by atoms with Gasteiger partial charge in [-0.1, -0.05) is 13.8 Å². The van der Waals surface area contributed by atoms with Crippen LogP contribution >= 0.6 is 0 Å². The number of amides is 2. The van der Waals surface area contributed by atoms with Gasteiger partial charge in [-0.2, -0.15) is 0 Å². The number of hydrogen-bond acceptors (Lipinski definition) is 3. The van der Waals surface area contributed by atoms with Gasteiger partial charge in [0.2, 0.25) is 11.8 Å². The van der Waals surface area contributed by atoms with Crippen molar-refractivity contribution in [2.75, 3.05) is 34.2 Å². The molecule has 5 heteroatoms. The lowest BCUT2D eigenvalue weighted by atomic mass is 9.94. The number of hydrogen-bond donors (Lipinski definition) is 1. The molecule has 0 rings (SSSR count). The molecule has 0 aliphatic carbocycles. The van der Waals surface area contributed by atoms with Crippen molar-refractivity contribution in [1.29, 1.82) is 0 Å². The molecular formula is C13H27N3O2. The summed E-state index contributed by atoms with van der Waals surface area (Å²) in [4.78, 5) is 26.4. The number of carbonyl (C=O) groups is 2. The second-order valence-corrected chi connectivity index (χ2v) is 5.47. The summed E-state index contributed by atoms with van der Waals surface area (Å²) in [5.41, 5.74) is 5.67. The van der Waals surface area contributed by atoms with Gasteiger partial charge in [0.15, 0.2) is 0 Å². The zero-order chi connectivity index (χ0) is 14.3. The van der Waals surface area contributed by atoms with Gasteiger partial charge in [-0.3, -0.25) is 9.59 Å². The highest BCUT2D eigenvalue weighted by Gasteiger charge is 2.19. The fourth-order valence-electron chi connectivity index (χ4n) is 1.76. The first-order chi connectivity index (χ1) is 8.27. The number of nitrogens with two attached hydrogens (primary N) is 1. The van der Waals surface area contributed by atoms with Gasteiger partial charge < -0.3 is 15.5 Å². The maximum atomic E-state index is 12.0. The topological polar surface area (TPSA) is 66.6 Å². The molecule has 0 saturated carbocycles. The third-order valence-corrected chi connectivity index (χ3v) is 2.90. The molecule has 0 aromatic carbocycles. The van der Waals surface area contributed by atoms with Gasteiger partial charge in [-0.05, 0) is 24.8 Å². The van der Waals surface area contributed by atoms with E-state index >= 15 is 0 Å². The maximum absolute atomic E-state index is 12.0. The summed E-state index contributed by atoms with van der Waals surface area (Å²) in [5, 5.41) is 0. The largest absolute Gasteiger partial charge is 0.347 e. The minimum atomic E-state index is -0.0704. The predicted octanol–water partition coefficient (Wildman–Crippen LogP) is 0.544. The van der Waals surface area contributed by atoms with Crippen LogP contribution in [0, 0.1) is 11.8 Å². The molecule has 0 aliphatic heterocycles. The van der Waals surface area contributed by atoms with E-state index in [-0.39, 0.29) is 24.3 Å². The molecule has 106 valence electrons. The number of nitrogens with zero attached hydrogens (tertiary/aromatic N) is 2. The average Bonchev–Trinajstić information content (AvgIpc) is 2.26. The molecule has 0 saturated heterocycles. The molecule has 0 bridgehead atoms. The lowest BCUT2D eigenvalue weighted by Crippen LogP contribution is -2.39. The summed E-state index contributed by atoms with van der Waals surface area (Å²) in [7, 11) is 5.02. The van der Waals surface area contributed by atoms with Crippen LogP contribution in [0.5, 0.6) is 0 Å². The van der Waals surface area contributed by atoms with Gasteiger partial charge in [0.25, 0.3) is 0 Å². The molecule has 5 nitrogen and oxygen atoms in total. The van der Waals surface area contributed by atoms with E-state index in [1.54, 1.807) is 21.1 Å². The average molecular weight is 257 g/mol. The van der Waals surface area contributed by atoms with Gasteiger partial charge in [0.1, 0.15) is 0 Å². The van der Waals surface area contributed by atoms with Crippen molar-refractivity contribution in [2.24, 2.45) is 17.6 Å². The molecular weight excluding hydrogens is 230 g/mol. The molecule has 0 heterocycles. The first-order valence-electron chi connectivity index (χ1n) is 6.42. The lowest BCUT2D eigenvalue weighted by molar-refractivity contribution is -0.138. The zero-order valence-corrected chi connectivity index (χ0v) is 12.3. The van der Waals surface area contributed by atoms with Crippen molar-refractivity contribution in [3.8, 4) is 0 Å². The van der Waals surface area contributed by atoms with Gasteiger partial charge >= 0.3 is 0 Å². The number of likely N-dealkylation sites (N-methyl/N-ethyl adjacent to an activating group) is 2. The molecule has 2 amide bonds. The van der Waals surface area contributed by atoms with Gasteiger partial charge in [0.05, 0.1) is 6.54 Å². The molecule has 0 unspecified atom stereocenters. The Bertz CT molecular complexity index is 277. The molecule has 18 heavy (non-hydrogen) atoms. The zero-order valence-electron chi connectivity index (χ0n) is 12.3. The quantitative estimate of drug-likeness (QED) is 0.724. The Balaban J connectivity index is 4.25. The van der Waals surface area contributed by atoms with Crippen LogP contribution in [0.15, 0.2) is 0 Å². The summed E-state index contributed by atoms with van der Waals surface area (Å²) in [6.07, 6.45) is 1.36. The molecule has 0 spiro atoms. The Hall–Kier alpha value is -1.10. The Morgan fingerprint density at radius 2 is 1.67 bits per heavy atom. The second-order valence-electron chi connectivity index (χ2n) is 5.47. The van der Waals surface area contributed by atoms with Crippen LogP contribution in [0.25, 0.3) is 0 Å². The first-order valence-corrected chi connectivity index (χ1v) is 6.42. The predicted molar refractivity (Wildman–Crippen MR) is 72.9 cm³/mol. The Labute approximate surface area is 110 Å². The van der Waals surface area contributed by atoms with E-state index in [0.29, 0.717) is 18.9 Å². The van der Waals surface area contributed by atoms with Crippen molar-refractivity contribution < 1.29 is 9.59 Å². The van der Waals surface area contributed by atoms with E-state index in [1.807, 2.05) is 0 Å². The van der Waals surface area contributed by atoms with Gasteiger partial charge in [-0.15, -0.1) is 0 Å². The van der Waals surface area contributed by atoms with E-state index < -0.39 is 0 Å². The minimum absolute atomic E-state index is 0.0127. The maximum Gasteiger partial charge on any atom is 0.241 e. The van der Waals surface area contributed by atoms with E-state index in [2.05, 4.69) is 13.8 Å². The molecule has 0 aromatic rings. The van der Waals surface area contributed by atoms with Crippen LogP contribution in [0.4, 0.5) is 0 Å². The smallest absolute Gasteiger partial charge is 0.241 e. The van der Waals surface area contributed by atoms with Crippen molar-refractivity contribution in [3.63, 3.8) is 0 Å². The monoisotopic (exact) mass is 257 g/mol. The third kappa shape index (κ3) is 6.59. The van der Waals surface area contributed by atoms with E-state index in [1.165, 1.54) is 9.80 Å². The molecule has 0 fully saturated rings. The highest BCUT2D eigenvalue weighted by molar-refractivity contribution is 5.84. The highest BCUT2D eigenvalue weighted by Crippen LogP contribution is 2.15. The van der Waals surface area contributed by atoms with Crippen LogP contribution in [-0.2, 0) is 9.59 Å². The Kier molecular flexibility index (Phi) is 7.59. The summed E-state index contributed by atoms with van der Waals surface area (Å²) < 4.78 is 0. The third-order valence-electron chi connectivity index (χ3n) is 2.90. The Morgan fingerprint density at radius 1 is 1.11 bits per heavy atom. The lowest BCUT2D eigenvalue weighted by Gasteiger charge is -2.22. The number of rotatable bonds is 7. The van der Waals surface area contributed by atoms with Crippen LogP contribution in [-0.4, -0.2) is 55.8 Å². The normalized spacial score (nSPS) is 12.4. The van der Waals surface area contributed by atoms with Crippen LogP contribution in [0.3, 0.4) is 0 Å². The van der Waals surface area contributed by atoms with Crippen molar-refractivity contribution in [2.45, 2.75) is 26.7 Å². The molecule has 1 atom stereocenters. The number of carbonyl (C=O) groups excluding carboxylic acids is 2. The first kappa shape index (κ1) is 16.9. The van der Waals surface area contributed by atoms with Gasteiger partial charge in [0, 0.05) is 27.6 Å². The van der Waals surface area contributed by atoms with E-state index in [0.717, 1.165) is 6.42 Å². The van der Waals surface area contributed by atoms with Crippen molar-refractivity contribution in [1.82, 2.24) is 9.80 Å². The summed E-state index contributed by atoms with van der Waals surface area (Å²) in [5.74, 6) is 0.648. The SMILES string of the molecule is CC(C)C[C@H](CN)CC(=O)N(C)CC(=O)N(C)C.